The second-order valence-electron chi connectivity index (χ2n) is 3.85. The van der Waals surface area contributed by atoms with Crippen molar-refractivity contribution in [3.05, 3.63) is 47.3 Å². The summed E-state index contributed by atoms with van der Waals surface area (Å²) in [6, 6.07) is 4.53. The molecular weight excluding hydrogens is 236 g/mol. The van der Waals surface area contributed by atoms with Gasteiger partial charge in [0.1, 0.15) is 24.8 Å². The van der Waals surface area contributed by atoms with Gasteiger partial charge < -0.3 is 14.6 Å². The van der Waals surface area contributed by atoms with E-state index < -0.39 is 6.29 Å². The van der Waals surface area contributed by atoms with Crippen LogP contribution in [0.25, 0.3) is 11.0 Å². The smallest absolute Gasteiger partial charge is 0.257 e. The number of aromatic nitrogens is 2. The molecule has 0 bridgehead atoms. The molecule has 0 spiro atoms. The van der Waals surface area contributed by atoms with E-state index in [0.29, 0.717) is 11.0 Å². The molecule has 2 aromatic rings. The lowest BCUT2D eigenvalue weighted by atomic mass is 10.3. The van der Waals surface area contributed by atoms with Crippen molar-refractivity contribution in [1.29, 1.82) is 0 Å². The van der Waals surface area contributed by atoms with Gasteiger partial charge in [0, 0.05) is 12.1 Å². The summed E-state index contributed by atoms with van der Waals surface area (Å²) in [7, 11) is 0. The number of nitrogens with zero attached hydrogens (tertiary/aromatic N) is 2. The molecule has 2 aromatic heterocycles. The van der Waals surface area contributed by atoms with Crippen molar-refractivity contribution in [2.45, 2.75) is 12.8 Å². The summed E-state index contributed by atoms with van der Waals surface area (Å²) in [5.41, 5.74) is 0.967. The average molecular weight is 246 g/mol. The topological polar surface area (TPSA) is 73.6 Å². The molecule has 0 radical (unpaired) electrons. The number of pyridine rings is 2. The van der Waals surface area contributed by atoms with Crippen LogP contribution in [0.4, 0.5) is 0 Å². The molecule has 3 heterocycles. The maximum absolute atomic E-state index is 11.9. The summed E-state index contributed by atoms with van der Waals surface area (Å²) in [5, 5.41) is 9.45. The van der Waals surface area contributed by atoms with E-state index in [-0.39, 0.29) is 17.9 Å². The van der Waals surface area contributed by atoms with Gasteiger partial charge >= 0.3 is 0 Å². The molecule has 1 aliphatic heterocycles. The first-order valence-corrected chi connectivity index (χ1v) is 5.38. The van der Waals surface area contributed by atoms with Gasteiger partial charge in [0.05, 0.1) is 17.2 Å². The molecule has 3 rings (SSSR count). The fourth-order valence-electron chi connectivity index (χ4n) is 1.85. The van der Waals surface area contributed by atoms with Crippen molar-refractivity contribution in [3.63, 3.8) is 0 Å². The SMILES string of the molecule is O=c1ccc2ncc(O)cc2n1CC1OC=CO1. The Morgan fingerprint density at radius 3 is 2.89 bits per heavy atom. The molecule has 92 valence electrons. The van der Waals surface area contributed by atoms with Gasteiger partial charge in [-0.05, 0) is 6.07 Å². The van der Waals surface area contributed by atoms with E-state index >= 15 is 0 Å². The predicted molar refractivity (Wildman–Crippen MR) is 62.8 cm³/mol. The Labute approximate surface area is 102 Å². The van der Waals surface area contributed by atoms with Crippen molar-refractivity contribution >= 4 is 11.0 Å². The second kappa shape index (κ2) is 4.06. The summed E-state index contributed by atoms with van der Waals surface area (Å²) in [4.78, 5) is 15.9. The van der Waals surface area contributed by atoms with E-state index in [1.165, 1.54) is 35.4 Å². The minimum Gasteiger partial charge on any atom is -0.506 e. The Morgan fingerprint density at radius 2 is 2.11 bits per heavy atom. The van der Waals surface area contributed by atoms with Crippen molar-refractivity contribution in [1.82, 2.24) is 9.55 Å². The fourth-order valence-corrected chi connectivity index (χ4v) is 1.85. The van der Waals surface area contributed by atoms with Crippen LogP contribution in [0.15, 0.2) is 41.7 Å². The normalized spacial score (nSPS) is 14.7. The van der Waals surface area contributed by atoms with Crippen LogP contribution in [0.3, 0.4) is 0 Å². The average Bonchev–Trinajstić information content (AvgIpc) is 2.86. The quantitative estimate of drug-likeness (QED) is 0.853. The van der Waals surface area contributed by atoms with Crippen LogP contribution in [0.2, 0.25) is 0 Å². The third kappa shape index (κ3) is 1.77. The molecular formula is C12H10N2O4. The monoisotopic (exact) mass is 246 g/mol. The number of rotatable bonds is 2. The van der Waals surface area contributed by atoms with Gasteiger partial charge in [-0.1, -0.05) is 0 Å². The Hall–Kier alpha value is -2.50. The van der Waals surface area contributed by atoms with E-state index in [1.807, 2.05) is 0 Å². The van der Waals surface area contributed by atoms with Crippen molar-refractivity contribution in [2.24, 2.45) is 0 Å². The summed E-state index contributed by atoms with van der Waals surface area (Å²) < 4.78 is 11.7. The van der Waals surface area contributed by atoms with Gasteiger partial charge in [0.25, 0.3) is 11.8 Å². The maximum atomic E-state index is 11.9. The molecule has 0 atom stereocenters. The Kier molecular flexibility index (Phi) is 2.40. The van der Waals surface area contributed by atoms with Gasteiger partial charge in [0.2, 0.25) is 0 Å². The highest BCUT2D eigenvalue weighted by molar-refractivity contribution is 5.75. The molecule has 0 fully saturated rings. The minimum absolute atomic E-state index is 0.00762. The van der Waals surface area contributed by atoms with Gasteiger partial charge in [0.15, 0.2) is 0 Å². The molecule has 0 saturated carbocycles. The van der Waals surface area contributed by atoms with Crippen molar-refractivity contribution in [2.75, 3.05) is 0 Å². The summed E-state index contributed by atoms with van der Waals surface area (Å²) in [5.74, 6) is 0.00762. The molecule has 0 aliphatic carbocycles. The highest BCUT2D eigenvalue weighted by Crippen LogP contribution is 2.17. The zero-order valence-electron chi connectivity index (χ0n) is 9.31. The summed E-state index contributed by atoms with van der Waals surface area (Å²) in [6.45, 7) is 0.230. The van der Waals surface area contributed by atoms with E-state index in [2.05, 4.69) is 4.98 Å². The van der Waals surface area contributed by atoms with Crippen LogP contribution >= 0.6 is 0 Å². The van der Waals surface area contributed by atoms with Crippen LogP contribution < -0.4 is 5.56 Å². The van der Waals surface area contributed by atoms with Gasteiger partial charge in [-0.2, -0.15) is 0 Å². The van der Waals surface area contributed by atoms with Gasteiger partial charge in [-0.3, -0.25) is 14.3 Å². The first-order valence-electron chi connectivity index (χ1n) is 5.38. The van der Waals surface area contributed by atoms with E-state index in [1.54, 1.807) is 6.07 Å². The number of hydrogen-bond donors (Lipinski definition) is 1. The summed E-state index contributed by atoms with van der Waals surface area (Å²) in [6.07, 6.45) is 3.66. The van der Waals surface area contributed by atoms with Crippen molar-refractivity contribution in [3.8, 4) is 5.75 Å². The lowest BCUT2D eigenvalue weighted by Crippen LogP contribution is -2.26. The standard InChI is InChI=1S/C12H10N2O4/c15-8-5-10-9(13-6-8)1-2-11(16)14(10)7-12-17-3-4-18-12/h1-6,12,15H,7H2. The van der Waals surface area contributed by atoms with E-state index in [0.717, 1.165) is 0 Å². The second-order valence-corrected chi connectivity index (χ2v) is 3.85. The van der Waals surface area contributed by atoms with Crippen LogP contribution in [-0.4, -0.2) is 20.9 Å². The molecule has 0 unspecified atom stereocenters. The lowest BCUT2D eigenvalue weighted by Gasteiger charge is -2.14. The van der Waals surface area contributed by atoms with Gasteiger partial charge in [-0.15, -0.1) is 0 Å². The Balaban J connectivity index is 2.10. The first kappa shape index (κ1) is 10.6. The first-order chi connectivity index (χ1) is 8.74. The highest BCUT2D eigenvalue weighted by Gasteiger charge is 2.16. The van der Waals surface area contributed by atoms with E-state index in [4.69, 9.17) is 9.47 Å². The van der Waals surface area contributed by atoms with E-state index in [9.17, 15) is 9.90 Å². The summed E-state index contributed by atoms with van der Waals surface area (Å²) >= 11 is 0. The molecule has 0 aromatic carbocycles. The number of fused-ring (bicyclic) bond motifs is 1. The van der Waals surface area contributed by atoms with Crippen LogP contribution in [0.5, 0.6) is 5.75 Å². The number of aromatic hydroxyl groups is 1. The zero-order valence-corrected chi connectivity index (χ0v) is 9.31. The molecule has 0 amide bonds. The Morgan fingerprint density at radius 1 is 1.33 bits per heavy atom. The molecule has 18 heavy (non-hydrogen) atoms. The third-order valence-electron chi connectivity index (χ3n) is 2.67. The minimum atomic E-state index is -0.532. The van der Waals surface area contributed by atoms with Gasteiger partial charge in [-0.25, -0.2) is 0 Å². The number of ether oxygens (including phenoxy) is 2. The molecule has 1 aliphatic rings. The fraction of sp³-hybridized carbons (Fsp3) is 0.167. The van der Waals surface area contributed by atoms with Crippen LogP contribution in [0, 0.1) is 0 Å². The lowest BCUT2D eigenvalue weighted by molar-refractivity contribution is -0.0340. The molecule has 6 heteroatoms. The largest absolute Gasteiger partial charge is 0.506 e. The maximum Gasteiger partial charge on any atom is 0.257 e. The van der Waals surface area contributed by atoms with Crippen LogP contribution in [-0.2, 0) is 16.0 Å². The Bertz CT molecular complexity index is 669. The number of hydrogen-bond acceptors (Lipinski definition) is 5. The third-order valence-corrected chi connectivity index (χ3v) is 2.67. The molecule has 1 N–H and O–H groups in total. The molecule has 6 nitrogen and oxygen atoms in total. The van der Waals surface area contributed by atoms with Crippen molar-refractivity contribution < 1.29 is 14.6 Å². The highest BCUT2D eigenvalue weighted by atomic mass is 16.7. The zero-order chi connectivity index (χ0) is 12.5. The molecule has 0 saturated heterocycles. The van der Waals surface area contributed by atoms with Crippen LogP contribution in [0.1, 0.15) is 0 Å². The predicted octanol–water partition coefficient (Wildman–Crippen LogP) is 0.946.